The van der Waals surface area contributed by atoms with Gasteiger partial charge in [0.25, 0.3) is 0 Å². The Kier molecular flexibility index (Phi) is 9.77. The lowest BCUT2D eigenvalue weighted by Crippen LogP contribution is -2.16. The minimum atomic E-state index is 0.778. The van der Waals surface area contributed by atoms with E-state index in [0.29, 0.717) is 0 Å². The molecule has 0 bridgehead atoms. The number of rotatable bonds is 2. The maximum absolute atomic E-state index is 4.94. The molecule has 0 radical (unpaired) electrons. The first-order valence-electron chi connectivity index (χ1n) is 4.15. The summed E-state index contributed by atoms with van der Waals surface area (Å²) in [5.41, 5.74) is 0. The van der Waals surface area contributed by atoms with Crippen molar-refractivity contribution in [3.05, 3.63) is 0 Å². The Bertz CT molecular complexity index is 48.8. The molecule has 1 aliphatic rings. The molecule has 1 fully saturated rings. The summed E-state index contributed by atoms with van der Waals surface area (Å²) >= 11 is 0. The van der Waals surface area contributed by atoms with Crippen LogP contribution in [-0.2, 0) is 14.2 Å². The molecule has 0 saturated carbocycles. The highest BCUT2D eigenvalue weighted by Crippen LogP contribution is 1.85. The van der Waals surface area contributed by atoms with Gasteiger partial charge in [-0.25, -0.2) is 0 Å². The maximum Gasteiger partial charge on any atom is 0.0701 e. The zero-order chi connectivity index (χ0) is 8.36. The second kappa shape index (κ2) is 9.88. The van der Waals surface area contributed by atoms with E-state index in [0.717, 1.165) is 39.6 Å². The van der Waals surface area contributed by atoms with Crippen LogP contribution in [0.5, 0.6) is 0 Å². The van der Waals surface area contributed by atoms with Crippen molar-refractivity contribution in [2.75, 3.05) is 39.6 Å². The first-order chi connectivity index (χ1) is 5.41. The van der Waals surface area contributed by atoms with Gasteiger partial charge in [-0.1, -0.05) is 0 Å². The van der Waals surface area contributed by atoms with Gasteiger partial charge >= 0.3 is 0 Å². The third kappa shape index (κ3) is 9.88. The van der Waals surface area contributed by atoms with Crippen molar-refractivity contribution in [3.8, 4) is 0 Å². The van der Waals surface area contributed by atoms with Gasteiger partial charge in [0.1, 0.15) is 0 Å². The quantitative estimate of drug-likeness (QED) is 0.608. The summed E-state index contributed by atoms with van der Waals surface area (Å²) in [6.45, 7) is 8.78. The Morgan fingerprint density at radius 3 is 1.36 bits per heavy atom. The monoisotopic (exact) mass is 162 g/mol. The normalized spacial score (nSPS) is 16.9. The third-order valence-corrected chi connectivity index (χ3v) is 1.15. The van der Waals surface area contributed by atoms with Gasteiger partial charge in [-0.3, -0.25) is 0 Å². The van der Waals surface area contributed by atoms with Gasteiger partial charge in [-0.15, -0.1) is 0 Å². The molecule has 3 heteroatoms. The van der Waals surface area contributed by atoms with E-state index >= 15 is 0 Å². The molecule has 1 rings (SSSR count). The van der Waals surface area contributed by atoms with E-state index in [1.165, 1.54) is 0 Å². The number of hydrogen-bond donors (Lipinski definition) is 0. The van der Waals surface area contributed by atoms with E-state index in [-0.39, 0.29) is 0 Å². The lowest BCUT2D eigenvalue weighted by Gasteiger charge is -2.09. The zero-order valence-corrected chi connectivity index (χ0v) is 7.47. The molecule has 3 nitrogen and oxygen atoms in total. The molecule has 0 N–H and O–H groups in total. The SMILES string of the molecule is C1COCCO1.CCOCC. The molecule has 0 aromatic rings. The fraction of sp³-hybridized carbons (Fsp3) is 1.00. The smallest absolute Gasteiger partial charge is 0.0701 e. The van der Waals surface area contributed by atoms with E-state index in [1.807, 2.05) is 13.8 Å². The Balaban J connectivity index is 0.000000187. The first kappa shape index (κ1) is 10.9. The van der Waals surface area contributed by atoms with E-state index in [2.05, 4.69) is 0 Å². The molecule has 0 atom stereocenters. The van der Waals surface area contributed by atoms with Crippen LogP contribution in [0.3, 0.4) is 0 Å². The minimum absolute atomic E-state index is 0.778. The van der Waals surface area contributed by atoms with Crippen molar-refractivity contribution in [1.82, 2.24) is 0 Å². The summed E-state index contributed by atoms with van der Waals surface area (Å²) in [6.07, 6.45) is 0. The molecule has 0 spiro atoms. The Labute approximate surface area is 68.6 Å². The predicted octanol–water partition coefficient (Wildman–Crippen LogP) is 1.08. The topological polar surface area (TPSA) is 27.7 Å². The summed E-state index contributed by atoms with van der Waals surface area (Å²) in [5.74, 6) is 0. The fourth-order valence-electron chi connectivity index (χ4n) is 0.644. The largest absolute Gasteiger partial charge is 0.382 e. The molecule has 0 aromatic carbocycles. The van der Waals surface area contributed by atoms with Gasteiger partial charge in [-0.2, -0.15) is 0 Å². The molecule has 68 valence electrons. The lowest BCUT2D eigenvalue weighted by molar-refractivity contribution is -0.0334. The van der Waals surface area contributed by atoms with Gasteiger partial charge in [0.05, 0.1) is 26.4 Å². The molecule has 1 aliphatic heterocycles. The summed E-state index contributed by atoms with van der Waals surface area (Å²) in [6, 6.07) is 0. The fourth-order valence-corrected chi connectivity index (χ4v) is 0.644. The molecule has 1 heterocycles. The van der Waals surface area contributed by atoms with Crippen LogP contribution < -0.4 is 0 Å². The predicted molar refractivity (Wildman–Crippen MR) is 43.8 cm³/mol. The van der Waals surface area contributed by atoms with E-state index in [1.54, 1.807) is 0 Å². The van der Waals surface area contributed by atoms with Crippen molar-refractivity contribution in [1.29, 1.82) is 0 Å². The molecule has 1 saturated heterocycles. The Hall–Kier alpha value is -0.120. The van der Waals surface area contributed by atoms with Crippen LogP contribution in [0.4, 0.5) is 0 Å². The van der Waals surface area contributed by atoms with E-state index in [9.17, 15) is 0 Å². The minimum Gasteiger partial charge on any atom is -0.382 e. The average molecular weight is 162 g/mol. The summed E-state index contributed by atoms with van der Waals surface area (Å²) in [4.78, 5) is 0. The van der Waals surface area contributed by atoms with E-state index < -0.39 is 0 Å². The van der Waals surface area contributed by atoms with Gasteiger partial charge in [0.15, 0.2) is 0 Å². The molecular formula is C8H18O3. The van der Waals surface area contributed by atoms with Crippen LogP contribution >= 0.6 is 0 Å². The molecular weight excluding hydrogens is 144 g/mol. The third-order valence-electron chi connectivity index (χ3n) is 1.15. The average Bonchev–Trinajstić information content (AvgIpc) is 2.10. The van der Waals surface area contributed by atoms with Crippen molar-refractivity contribution < 1.29 is 14.2 Å². The van der Waals surface area contributed by atoms with Gasteiger partial charge in [-0.05, 0) is 13.8 Å². The van der Waals surface area contributed by atoms with Crippen LogP contribution in [-0.4, -0.2) is 39.6 Å². The lowest BCUT2D eigenvalue weighted by atomic mass is 10.6. The van der Waals surface area contributed by atoms with Crippen molar-refractivity contribution in [2.45, 2.75) is 13.8 Å². The zero-order valence-electron chi connectivity index (χ0n) is 7.47. The standard InChI is InChI=1S/C4H8O2.C4H10O/c1-2-6-4-3-5-1;1-3-5-4-2/h1-4H2;3-4H2,1-2H3. The van der Waals surface area contributed by atoms with Crippen molar-refractivity contribution in [3.63, 3.8) is 0 Å². The summed E-state index contributed by atoms with van der Waals surface area (Å²) < 4.78 is 14.7. The highest BCUT2D eigenvalue weighted by Gasteiger charge is 1.94. The molecule has 0 amide bonds. The maximum atomic E-state index is 4.94. The van der Waals surface area contributed by atoms with Crippen LogP contribution in [0.2, 0.25) is 0 Å². The van der Waals surface area contributed by atoms with Crippen molar-refractivity contribution >= 4 is 0 Å². The number of hydrogen-bond acceptors (Lipinski definition) is 3. The van der Waals surface area contributed by atoms with Crippen molar-refractivity contribution in [2.24, 2.45) is 0 Å². The van der Waals surface area contributed by atoms with Gasteiger partial charge < -0.3 is 14.2 Å². The Morgan fingerprint density at radius 2 is 1.27 bits per heavy atom. The highest BCUT2D eigenvalue weighted by atomic mass is 16.6. The second-order valence-corrected chi connectivity index (χ2v) is 2.01. The van der Waals surface area contributed by atoms with Crippen LogP contribution in [0.15, 0.2) is 0 Å². The Morgan fingerprint density at radius 1 is 0.909 bits per heavy atom. The van der Waals surface area contributed by atoms with Crippen LogP contribution in [0.1, 0.15) is 13.8 Å². The van der Waals surface area contributed by atoms with E-state index in [4.69, 9.17) is 14.2 Å². The molecule has 0 unspecified atom stereocenters. The molecule has 0 aliphatic carbocycles. The first-order valence-corrected chi connectivity index (χ1v) is 4.15. The summed E-state index contributed by atoms with van der Waals surface area (Å²) in [7, 11) is 0. The van der Waals surface area contributed by atoms with Gasteiger partial charge in [0.2, 0.25) is 0 Å². The molecule has 0 aromatic heterocycles. The second-order valence-electron chi connectivity index (χ2n) is 2.01. The van der Waals surface area contributed by atoms with Gasteiger partial charge in [0, 0.05) is 13.2 Å². The number of ether oxygens (including phenoxy) is 3. The highest BCUT2D eigenvalue weighted by molar-refractivity contribution is 4.37. The van der Waals surface area contributed by atoms with Crippen LogP contribution in [0.25, 0.3) is 0 Å². The summed E-state index contributed by atoms with van der Waals surface area (Å²) in [5, 5.41) is 0. The van der Waals surface area contributed by atoms with Crippen LogP contribution in [0, 0.1) is 0 Å². The molecule has 11 heavy (non-hydrogen) atoms.